The quantitative estimate of drug-likeness (QED) is 0.828. The molecule has 2 aromatic rings. The van der Waals surface area contributed by atoms with Crippen molar-refractivity contribution in [1.29, 1.82) is 0 Å². The summed E-state index contributed by atoms with van der Waals surface area (Å²) in [5.74, 6) is 1.72. The molecule has 4 heteroatoms. The van der Waals surface area contributed by atoms with Crippen molar-refractivity contribution in [3.63, 3.8) is 0 Å². The molecule has 0 amide bonds. The van der Waals surface area contributed by atoms with Gasteiger partial charge in [-0.3, -0.25) is 0 Å². The summed E-state index contributed by atoms with van der Waals surface area (Å²) in [4.78, 5) is 4.31. The fourth-order valence-corrected chi connectivity index (χ4v) is 2.25. The molecule has 0 aliphatic carbocycles. The average Bonchev–Trinajstić information content (AvgIpc) is 2.80. The molecule has 16 heavy (non-hydrogen) atoms. The Morgan fingerprint density at radius 1 is 1.50 bits per heavy atom. The molecule has 0 aliphatic heterocycles. The normalized spacial score (nSPS) is 10.6. The number of aromatic nitrogens is 1. The molecule has 2 aromatic heterocycles. The molecule has 0 saturated heterocycles. The molecule has 0 aliphatic rings. The highest BCUT2D eigenvalue weighted by atomic mass is 32.2. The summed E-state index contributed by atoms with van der Waals surface area (Å²) in [5, 5.41) is 9.95. The van der Waals surface area contributed by atoms with Crippen LogP contribution in [0.3, 0.4) is 0 Å². The second kappa shape index (κ2) is 5.18. The smallest absolute Gasteiger partial charge is 0.114 e. The van der Waals surface area contributed by atoms with Crippen LogP contribution in [0.1, 0.15) is 16.9 Å². The van der Waals surface area contributed by atoms with Crippen LogP contribution in [-0.2, 0) is 12.4 Å². The maximum atomic E-state index is 8.97. The zero-order valence-corrected chi connectivity index (χ0v) is 9.83. The first-order valence-electron chi connectivity index (χ1n) is 5.01. The van der Waals surface area contributed by atoms with Crippen molar-refractivity contribution in [2.24, 2.45) is 0 Å². The van der Waals surface area contributed by atoms with Crippen LogP contribution in [0.25, 0.3) is 0 Å². The Hall–Kier alpha value is -1.26. The monoisotopic (exact) mass is 235 g/mol. The summed E-state index contributed by atoms with van der Waals surface area (Å²) < 4.78 is 5.25. The Bertz CT molecular complexity index is 454. The number of thioether (sulfide) groups is 1. The number of furan rings is 1. The van der Waals surface area contributed by atoms with E-state index < -0.39 is 0 Å². The van der Waals surface area contributed by atoms with Gasteiger partial charge in [0.25, 0.3) is 0 Å². The van der Waals surface area contributed by atoms with E-state index in [9.17, 15) is 0 Å². The first-order valence-corrected chi connectivity index (χ1v) is 5.99. The van der Waals surface area contributed by atoms with Crippen LogP contribution in [0.15, 0.2) is 40.1 Å². The molecule has 0 aromatic carbocycles. The number of aliphatic hydroxyl groups excluding tert-OH is 1. The van der Waals surface area contributed by atoms with Gasteiger partial charge < -0.3 is 9.52 Å². The number of aryl methyl sites for hydroxylation is 1. The minimum Gasteiger partial charge on any atom is -0.468 e. The van der Waals surface area contributed by atoms with Crippen molar-refractivity contribution < 1.29 is 9.52 Å². The summed E-state index contributed by atoms with van der Waals surface area (Å²) in [6.07, 6.45) is 3.38. The number of pyridine rings is 1. The summed E-state index contributed by atoms with van der Waals surface area (Å²) >= 11 is 1.64. The summed E-state index contributed by atoms with van der Waals surface area (Å²) in [6.45, 7) is 2.04. The molecule has 3 nitrogen and oxygen atoms in total. The van der Waals surface area contributed by atoms with E-state index in [0.717, 1.165) is 27.7 Å². The number of hydrogen-bond donors (Lipinski definition) is 1. The number of rotatable bonds is 4. The molecule has 0 spiro atoms. The van der Waals surface area contributed by atoms with Crippen LogP contribution in [0.2, 0.25) is 0 Å². The Balaban J connectivity index is 2.04. The minimum absolute atomic E-state index is 0.0387. The van der Waals surface area contributed by atoms with Gasteiger partial charge in [-0.25, -0.2) is 4.98 Å². The van der Waals surface area contributed by atoms with Crippen LogP contribution in [0.4, 0.5) is 0 Å². The molecule has 0 radical (unpaired) electrons. The molecular formula is C12H13NO2S. The first kappa shape index (κ1) is 11.2. The zero-order valence-electron chi connectivity index (χ0n) is 9.01. The molecule has 2 rings (SSSR count). The molecule has 84 valence electrons. The zero-order chi connectivity index (χ0) is 11.4. The van der Waals surface area contributed by atoms with Gasteiger partial charge in [-0.2, -0.15) is 0 Å². The first-order chi connectivity index (χ1) is 7.79. The second-order valence-electron chi connectivity index (χ2n) is 3.49. The largest absolute Gasteiger partial charge is 0.468 e. The van der Waals surface area contributed by atoms with Crippen LogP contribution in [0, 0.1) is 6.92 Å². The van der Waals surface area contributed by atoms with E-state index in [2.05, 4.69) is 4.98 Å². The fourth-order valence-electron chi connectivity index (χ4n) is 1.39. The van der Waals surface area contributed by atoms with E-state index in [1.165, 1.54) is 0 Å². The molecular weight excluding hydrogens is 222 g/mol. The van der Waals surface area contributed by atoms with Crippen molar-refractivity contribution >= 4 is 11.8 Å². The van der Waals surface area contributed by atoms with Crippen LogP contribution < -0.4 is 0 Å². The van der Waals surface area contributed by atoms with Gasteiger partial charge in [0.15, 0.2) is 0 Å². The van der Waals surface area contributed by atoms with Crippen molar-refractivity contribution in [3.8, 4) is 0 Å². The van der Waals surface area contributed by atoms with E-state index >= 15 is 0 Å². The molecule has 0 saturated carbocycles. The van der Waals surface area contributed by atoms with E-state index in [4.69, 9.17) is 9.52 Å². The van der Waals surface area contributed by atoms with E-state index in [1.807, 2.05) is 25.1 Å². The lowest BCUT2D eigenvalue weighted by Gasteiger charge is -2.04. The highest BCUT2D eigenvalue weighted by Crippen LogP contribution is 2.24. The molecule has 0 bridgehead atoms. The Morgan fingerprint density at radius 3 is 3.00 bits per heavy atom. The van der Waals surface area contributed by atoms with Crippen molar-refractivity contribution in [2.75, 3.05) is 0 Å². The minimum atomic E-state index is 0.0387. The third-order valence-electron chi connectivity index (χ3n) is 2.20. The maximum absolute atomic E-state index is 8.97. The number of hydrogen-bond acceptors (Lipinski definition) is 4. The van der Waals surface area contributed by atoms with Gasteiger partial charge in [-0.05, 0) is 36.2 Å². The van der Waals surface area contributed by atoms with Gasteiger partial charge in [0, 0.05) is 6.20 Å². The lowest BCUT2D eigenvalue weighted by Crippen LogP contribution is -1.91. The second-order valence-corrected chi connectivity index (χ2v) is 4.46. The molecule has 2 heterocycles. The molecule has 0 unspecified atom stereocenters. The Labute approximate surface area is 98.5 Å². The van der Waals surface area contributed by atoms with E-state index in [-0.39, 0.29) is 6.61 Å². The Kier molecular flexibility index (Phi) is 3.64. The van der Waals surface area contributed by atoms with Gasteiger partial charge >= 0.3 is 0 Å². The van der Waals surface area contributed by atoms with Gasteiger partial charge in [-0.1, -0.05) is 11.8 Å². The molecule has 1 N–H and O–H groups in total. The summed E-state index contributed by atoms with van der Waals surface area (Å²) in [7, 11) is 0. The number of aliphatic hydroxyl groups is 1. The topological polar surface area (TPSA) is 46.3 Å². The SMILES string of the molecule is Cc1cc(CO)cnc1SCc1ccco1. The van der Waals surface area contributed by atoms with Crippen molar-refractivity contribution in [2.45, 2.75) is 24.3 Å². The van der Waals surface area contributed by atoms with Crippen LogP contribution in [0.5, 0.6) is 0 Å². The standard InChI is InChI=1S/C12H13NO2S/c1-9-5-10(7-14)6-13-12(9)16-8-11-3-2-4-15-11/h2-6,14H,7-8H2,1H3. The van der Waals surface area contributed by atoms with Crippen LogP contribution >= 0.6 is 11.8 Å². The average molecular weight is 235 g/mol. The molecule has 0 fully saturated rings. The van der Waals surface area contributed by atoms with Gasteiger partial charge in [-0.15, -0.1) is 0 Å². The van der Waals surface area contributed by atoms with E-state index in [1.54, 1.807) is 24.2 Å². The van der Waals surface area contributed by atoms with Gasteiger partial charge in [0.05, 0.1) is 23.6 Å². The number of nitrogens with zero attached hydrogens (tertiary/aromatic N) is 1. The van der Waals surface area contributed by atoms with E-state index in [0.29, 0.717) is 0 Å². The third kappa shape index (κ3) is 2.65. The predicted molar refractivity (Wildman–Crippen MR) is 63.2 cm³/mol. The lowest BCUT2D eigenvalue weighted by atomic mass is 10.2. The predicted octanol–water partition coefficient (Wildman–Crippen LogP) is 2.77. The van der Waals surface area contributed by atoms with Gasteiger partial charge in [0.1, 0.15) is 5.76 Å². The van der Waals surface area contributed by atoms with Gasteiger partial charge in [0.2, 0.25) is 0 Å². The summed E-state index contributed by atoms with van der Waals surface area (Å²) in [5.41, 5.74) is 1.93. The van der Waals surface area contributed by atoms with Crippen LogP contribution in [-0.4, -0.2) is 10.1 Å². The summed E-state index contributed by atoms with van der Waals surface area (Å²) in [6, 6.07) is 5.78. The Morgan fingerprint density at radius 2 is 2.38 bits per heavy atom. The van der Waals surface area contributed by atoms with Crippen molar-refractivity contribution in [1.82, 2.24) is 4.98 Å². The lowest BCUT2D eigenvalue weighted by molar-refractivity contribution is 0.281. The highest BCUT2D eigenvalue weighted by molar-refractivity contribution is 7.98. The third-order valence-corrected chi connectivity index (χ3v) is 3.33. The highest BCUT2D eigenvalue weighted by Gasteiger charge is 2.04. The fraction of sp³-hybridized carbons (Fsp3) is 0.250. The maximum Gasteiger partial charge on any atom is 0.114 e. The van der Waals surface area contributed by atoms with Crippen molar-refractivity contribution in [3.05, 3.63) is 47.5 Å². The molecule has 0 atom stereocenters.